The van der Waals surface area contributed by atoms with Crippen molar-refractivity contribution in [2.24, 2.45) is 0 Å². The van der Waals surface area contributed by atoms with Crippen LogP contribution in [0, 0.1) is 5.82 Å². The zero-order valence-electron chi connectivity index (χ0n) is 23.5. The third-order valence-corrected chi connectivity index (χ3v) is 9.48. The molecule has 3 aromatic carbocycles. The smallest absolute Gasteiger partial charge is 0.332 e. The van der Waals surface area contributed by atoms with Gasteiger partial charge < -0.3 is 20.9 Å². The standard InChI is InChI=1S/C30H28Cl2FN7O3S/c1-37(30(43)35-13-18-7-10-21(31)22(32)11-18)39-16-26(41)40-23(12-17-5-8-20(33)9-6-17)28(42)38(15-25(39)40)14-19-3-2-4-24-27(19)36-29(34)44-24/h2-11,23,25H,12-16H2,1H3,(H2,34,36)(H,35,43)/t23-,25+/m0/s1. The fraction of sp³-hybridized carbons (Fsp3) is 0.267. The van der Waals surface area contributed by atoms with E-state index in [0.717, 1.165) is 21.3 Å². The van der Waals surface area contributed by atoms with Gasteiger partial charge in [0.2, 0.25) is 11.8 Å². The summed E-state index contributed by atoms with van der Waals surface area (Å²) in [6.07, 6.45) is -0.432. The molecule has 2 aliphatic heterocycles. The molecule has 0 unspecified atom stereocenters. The fourth-order valence-electron chi connectivity index (χ4n) is 5.71. The molecule has 3 N–H and O–H groups in total. The number of nitrogen functional groups attached to an aromatic ring is 1. The van der Waals surface area contributed by atoms with Gasteiger partial charge in [0.25, 0.3) is 0 Å². The highest BCUT2D eigenvalue weighted by Gasteiger charge is 2.51. The van der Waals surface area contributed by atoms with Crippen molar-refractivity contribution in [2.45, 2.75) is 31.7 Å². The molecule has 4 amide bonds. The highest BCUT2D eigenvalue weighted by atomic mass is 35.5. The van der Waals surface area contributed by atoms with Crippen molar-refractivity contribution < 1.29 is 18.8 Å². The Bertz CT molecular complexity index is 1750. The lowest BCUT2D eigenvalue weighted by molar-refractivity contribution is -0.157. The van der Waals surface area contributed by atoms with Crippen LogP contribution < -0.4 is 11.1 Å². The summed E-state index contributed by atoms with van der Waals surface area (Å²) < 4.78 is 14.6. The zero-order chi connectivity index (χ0) is 31.1. The maximum atomic E-state index is 14.0. The van der Waals surface area contributed by atoms with Gasteiger partial charge in [-0.3, -0.25) is 14.6 Å². The largest absolute Gasteiger partial charge is 0.375 e. The van der Waals surface area contributed by atoms with Crippen molar-refractivity contribution >= 4 is 67.7 Å². The van der Waals surface area contributed by atoms with E-state index in [1.165, 1.54) is 28.5 Å². The first kappa shape index (κ1) is 30.1. The number of halogens is 3. The summed E-state index contributed by atoms with van der Waals surface area (Å²) in [6, 6.07) is 15.4. The van der Waals surface area contributed by atoms with Crippen molar-refractivity contribution in [3.05, 3.63) is 93.2 Å². The van der Waals surface area contributed by atoms with E-state index in [0.29, 0.717) is 20.7 Å². The van der Waals surface area contributed by atoms with E-state index in [2.05, 4.69) is 10.3 Å². The van der Waals surface area contributed by atoms with E-state index >= 15 is 0 Å². The van der Waals surface area contributed by atoms with Crippen LogP contribution >= 0.6 is 34.5 Å². The Hall–Kier alpha value is -3.97. The predicted octanol–water partition coefficient (Wildman–Crippen LogP) is 4.50. The SMILES string of the molecule is CN(C(=O)NCc1ccc(Cl)c(Cl)c1)N1CC(=O)N2[C@@H](Cc3ccc(F)cc3)C(=O)N(Cc3cccc4sc(N)nc34)C[C@@H]21. The van der Waals surface area contributed by atoms with Gasteiger partial charge in [-0.1, -0.05) is 64.9 Å². The minimum absolute atomic E-state index is 0.0966. The van der Waals surface area contributed by atoms with Crippen LogP contribution in [0.1, 0.15) is 16.7 Å². The molecule has 44 heavy (non-hydrogen) atoms. The van der Waals surface area contributed by atoms with Gasteiger partial charge in [0, 0.05) is 26.6 Å². The topological polar surface area (TPSA) is 115 Å². The first-order chi connectivity index (χ1) is 21.1. The number of rotatable bonds is 7. The summed E-state index contributed by atoms with van der Waals surface area (Å²) >= 11 is 13.5. The summed E-state index contributed by atoms with van der Waals surface area (Å²) in [4.78, 5) is 48.5. The van der Waals surface area contributed by atoms with E-state index < -0.39 is 24.1 Å². The number of carbonyl (C=O) groups excluding carboxylic acids is 3. The predicted molar refractivity (Wildman–Crippen MR) is 167 cm³/mol. The number of nitrogens with one attached hydrogen (secondary N) is 1. The van der Waals surface area contributed by atoms with Gasteiger partial charge in [-0.2, -0.15) is 5.01 Å². The van der Waals surface area contributed by atoms with Gasteiger partial charge in [-0.05, 0) is 47.0 Å². The van der Waals surface area contributed by atoms with E-state index in [4.69, 9.17) is 28.9 Å². The third-order valence-electron chi connectivity index (χ3n) is 7.90. The number of hydrogen-bond acceptors (Lipinski definition) is 7. The van der Waals surface area contributed by atoms with Crippen LogP contribution in [0.3, 0.4) is 0 Å². The minimum atomic E-state index is -0.857. The molecule has 0 saturated carbocycles. The van der Waals surface area contributed by atoms with Crippen LogP contribution in [0.25, 0.3) is 10.2 Å². The number of fused-ring (bicyclic) bond motifs is 2. The van der Waals surface area contributed by atoms with Crippen LogP contribution in [0.4, 0.5) is 14.3 Å². The van der Waals surface area contributed by atoms with E-state index in [9.17, 15) is 18.8 Å². The van der Waals surface area contributed by atoms with Crippen LogP contribution in [0.5, 0.6) is 0 Å². The molecule has 2 atom stereocenters. The van der Waals surface area contributed by atoms with Crippen LogP contribution in [-0.2, 0) is 29.1 Å². The van der Waals surface area contributed by atoms with Gasteiger partial charge in [0.15, 0.2) is 5.13 Å². The fourth-order valence-corrected chi connectivity index (χ4v) is 6.81. The highest BCUT2D eigenvalue weighted by Crippen LogP contribution is 2.32. The Morgan fingerprint density at radius 2 is 1.86 bits per heavy atom. The molecule has 228 valence electrons. The normalized spacial score (nSPS) is 18.6. The Labute approximate surface area is 266 Å². The number of benzene rings is 3. The van der Waals surface area contributed by atoms with Gasteiger partial charge in [-0.25, -0.2) is 14.2 Å². The molecule has 0 aliphatic carbocycles. The molecule has 3 heterocycles. The highest BCUT2D eigenvalue weighted by molar-refractivity contribution is 7.22. The second-order valence-electron chi connectivity index (χ2n) is 10.7. The minimum Gasteiger partial charge on any atom is -0.375 e. The van der Waals surface area contributed by atoms with Crippen molar-refractivity contribution in [1.82, 2.24) is 30.1 Å². The first-order valence-corrected chi connectivity index (χ1v) is 15.4. The molecule has 2 aliphatic rings. The number of urea groups is 1. The number of nitrogens with two attached hydrogens (primary N) is 1. The number of para-hydroxylation sites is 1. The summed E-state index contributed by atoms with van der Waals surface area (Å²) in [5.74, 6) is -0.919. The monoisotopic (exact) mass is 655 g/mol. The number of carbonyl (C=O) groups is 3. The average molecular weight is 657 g/mol. The Balaban J connectivity index is 1.27. The first-order valence-electron chi connectivity index (χ1n) is 13.8. The summed E-state index contributed by atoms with van der Waals surface area (Å²) in [5, 5.41) is 7.09. The number of amides is 4. The number of thiazole rings is 1. The van der Waals surface area contributed by atoms with E-state index in [1.807, 2.05) is 18.2 Å². The van der Waals surface area contributed by atoms with Gasteiger partial charge in [-0.15, -0.1) is 0 Å². The second-order valence-corrected chi connectivity index (χ2v) is 12.6. The van der Waals surface area contributed by atoms with Gasteiger partial charge in [0.05, 0.1) is 33.4 Å². The van der Waals surface area contributed by atoms with Gasteiger partial charge >= 0.3 is 6.03 Å². The number of hydrogen-bond donors (Lipinski definition) is 2. The lowest BCUT2D eigenvalue weighted by Crippen LogP contribution is -2.65. The number of piperazine rings is 1. The van der Waals surface area contributed by atoms with Gasteiger partial charge in [0.1, 0.15) is 18.0 Å². The molecular formula is C30H28Cl2FN7O3S. The van der Waals surface area contributed by atoms with Crippen molar-refractivity contribution in [3.63, 3.8) is 0 Å². The number of aromatic nitrogens is 1. The summed E-state index contributed by atoms with van der Waals surface area (Å²) in [7, 11) is 1.58. The summed E-state index contributed by atoms with van der Waals surface area (Å²) in [6.45, 7) is 0.485. The molecule has 2 fully saturated rings. The molecule has 0 radical (unpaired) electrons. The Morgan fingerprint density at radius 1 is 1.11 bits per heavy atom. The number of hydrazine groups is 1. The quantitative estimate of drug-likeness (QED) is 0.303. The molecular weight excluding hydrogens is 628 g/mol. The van der Waals surface area contributed by atoms with Crippen LogP contribution in [-0.4, -0.2) is 75.0 Å². The Morgan fingerprint density at radius 3 is 2.61 bits per heavy atom. The molecule has 1 aromatic heterocycles. The Kier molecular flexibility index (Phi) is 8.34. The van der Waals surface area contributed by atoms with Crippen molar-refractivity contribution in [1.29, 1.82) is 0 Å². The lowest BCUT2D eigenvalue weighted by Gasteiger charge is -2.45. The van der Waals surface area contributed by atoms with Crippen molar-refractivity contribution in [3.8, 4) is 0 Å². The number of nitrogens with zero attached hydrogens (tertiary/aromatic N) is 5. The van der Waals surface area contributed by atoms with Crippen molar-refractivity contribution in [2.75, 3.05) is 25.9 Å². The van der Waals surface area contributed by atoms with Crippen LogP contribution in [0.2, 0.25) is 10.0 Å². The van der Waals surface area contributed by atoms with E-state index in [-0.39, 0.29) is 44.4 Å². The molecule has 0 bridgehead atoms. The molecule has 10 nitrogen and oxygen atoms in total. The molecule has 2 saturated heterocycles. The zero-order valence-corrected chi connectivity index (χ0v) is 25.9. The third kappa shape index (κ3) is 5.90. The second kappa shape index (κ2) is 12.2. The molecule has 6 rings (SSSR count). The molecule has 4 aromatic rings. The molecule has 0 spiro atoms. The number of anilines is 1. The lowest BCUT2D eigenvalue weighted by atomic mass is 10.00. The average Bonchev–Trinajstić information content (AvgIpc) is 3.55. The van der Waals surface area contributed by atoms with Crippen LogP contribution in [0.15, 0.2) is 60.7 Å². The summed E-state index contributed by atoms with van der Waals surface area (Å²) in [5.41, 5.74) is 8.98. The maximum absolute atomic E-state index is 14.0. The van der Waals surface area contributed by atoms with E-state index in [1.54, 1.807) is 52.2 Å². The molecule has 14 heteroatoms. The maximum Gasteiger partial charge on any atom is 0.332 e.